The number of piperidine rings is 1. The van der Waals surface area contributed by atoms with Crippen LogP contribution in [0.25, 0.3) is 0 Å². The highest BCUT2D eigenvalue weighted by atomic mass is 16.5. The molecule has 1 aliphatic rings. The molecule has 2 atom stereocenters. The van der Waals surface area contributed by atoms with Crippen molar-refractivity contribution in [1.82, 2.24) is 30.0 Å². The second-order valence-electron chi connectivity index (χ2n) is 6.61. The van der Waals surface area contributed by atoms with Crippen LogP contribution in [-0.2, 0) is 6.54 Å². The normalized spacial score (nSPS) is 22.0. The summed E-state index contributed by atoms with van der Waals surface area (Å²) in [5, 5.41) is 7.37. The summed E-state index contributed by atoms with van der Waals surface area (Å²) in [6.45, 7) is 4.78. The predicted octanol–water partition coefficient (Wildman–Crippen LogP) is 1.44. The molecule has 2 aromatic rings. The van der Waals surface area contributed by atoms with Crippen molar-refractivity contribution < 1.29 is 4.74 Å². The van der Waals surface area contributed by atoms with Crippen LogP contribution in [0, 0.1) is 6.92 Å². The Bertz CT molecular complexity index is 671. The first-order chi connectivity index (χ1) is 11.6. The van der Waals surface area contributed by atoms with E-state index in [1.54, 1.807) is 7.11 Å². The molecule has 7 nitrogen and oxygen atoms in total. The van der Waals surface area contributed by atoms with Crippen LogP contribution in [0.2, 0.25) is 0 Å². The summed E-state index contributed by atoms with van der Waals surface area (Å²) < 4.78 is 5.22. The maximum atomic E-state index is 5.22. The van der Waals surface area contributed by atoms with Gasteiger partial charge in [-0.3, -0.25) is 10.00 Å². The lowest BCUT2D eigenvalue weighted by Gasteiger charge is -2.40. The molecular weight excluding hydrogens is 304 g/mol. The van der Waals surface area contributed by atoms with Crippen LogP contribution in [0.15, 0.2) is 18.2 Å². The molecule has 1 aliphatic heterocycles. The van der Waals surface area contributed by atoms with E-state index >= 15 is 0 Å². The van der Waals surface area contributed by atoms with Crippen LogP contribution in [0.1, 0.15) is 29.7 Å². The Labute approximate surface area is 143 Å². The number of ether oxygens (including phenoxy) is 1. The van der Waals surface area contributed by atoms with Crippen molar-refractivity contribution in [3.63, 3.8) is 0 Å². The van der Waals surface area contributed by atoms with Gasteiger partial charge in [-0.25, -0.2) is 9.97 Å². The third kappa shape index (κ3) is 3.73. The van der Waals surface area contributed by atoms with Gasteiger partial charge in [-0.2, -0.15) is 5.10 Å². The number of hydrogen-bond acceptors (Lipinski definition) is 6. The molecule has 0 radical (unpaired) electrons. The topological polar surface area (TPSA) is 70.2 Å². The third-order valence-corrected chi connectivity index (χ3v) is 4.65. The number of likely N-dealkylation sites (tertiary alicyclic amines) is 1. The number of H-pyrrole nitrogens is 1. The van der Waals surface area contributed by atoms with Crippen LogP contribution < -0.4 is 4.74 Å². The number of pyridine rings is 1. The van der Waals surface area contributed by atoms with Gasteiger partial charge in [0.2, 0.25) is 5.88 Å². The standard InChI is InChI=1S/C17H26N6O/c1-12-18-17(21-20-12)14-8-9-23(11-15(14)22(2)3)10-13-6-5-7-16(19-13)24-4/h5-7,14-15H,8-11H2,1-4H3,(H,18,20,21)/t14-,15+/m0/s1. The van der Waals surface area contributed by atoms with Gasteiger partial charge >= 0.3 is 0 Å². The fourth-order valence-corrected chi connectivity index (χ4v) is 3.38. The van der Waals surface area contributed by atoms with Crippen LogP contribution in [0.5, 0.6) is 5.88 Å². The predicted molar refractivity (Wildman–Crippen MR) is 92.0 cm³/mol. The maximum Gasteiger partial charge on any atom is 0.213 e. The average Bonchev–Trinajstić information content (AvgIpc) is 3.01. The van der Waals surface area contributed by atoms with Gasteiger partial charge in [0, 0.05) is 31.1 Å². The number of aromatic amines is 1. The molecule has 1 saturated heterocycles. The molecule has 0 aromatic carbocycles. The fourth-order valence-electron chi connectivity index (χ4n) is 3.38. The number of methoxy groups -OCH3 is 1. The van der Waals surface area contributed by atoms with E-state index in [1.807, 2.05) is 19.1 Å². The van der Waals surface area contributed by atoms with Crippen LogP contribution >= 0.6 is 0 Å². The van der Waals surface area contributed by atoms with E-state index in [9.17, 15) is 0 Å². The minimum absolute atomic E-state index is 0.361. The van der Waals surface area contributed by atoms with E-state index in [0.29, 0.717) is 17.8 Å². The molecular formula is C17H26N6O. The van der Waals surface area contributed by atoms with E-state index in [-0.39, 0.29) is 0 Å². The lowest BCUT2D eigenvalue weighted by molar-refractivity contribution is 0.104. The molecule has 24 heavy (non-hydrogen) atoms. The molecule has 0 bridgehead atoms. The molecule has 0 amide bonds. The van der Waals surface area contributed by atoms with Crippen LogP contribution in [-0.4, -0.2) is 70.3 Å². The first kappa shape index (κ1) is 16.9. The zero-order chi connectivity index (χ0) is 17.1. The first-order valence-electron chi connectivity index (χ1n) is 8.34. The molecule has 2 aromatic heterocycles. The van der Waals surface area contributed by atoms with Gasteiger partial charge in [-0.15, -0.1) is 0 Å². The molecule has 1 N–H and O–H groups in total. The number of nitrogens with one attached hydrogen (secondary N) is 1. The number of aromatic nitrogens is 4. The van der Waals surface area contributed by atoms with Gasteiger partial charge in [-0.1, -0.05) is 6.07 Å². The van der Waals surface area contributed by atoms with E-state index in [2.05, 4.69) is 50.1 Å². The minimum Gasteiger partial charge on any atom is -0.481 e. The summed E-state index contributed by atoms with van der Waals surface area (Å²) in [7, 11) is 5.91. The van der Waals surface area contributed by atoms with Crippen molar-refractivity contribution in [1.29, 1.82) is 0 Å². The third-order valence-electron chi connectivity index (χ3n) is 4.65. The van der Waals surface area contributed by atoms with Crippen LogP contribution in [0.4, 0.5) is 0 Å². The Balaban J connectivity index is 1.70. The Kier molecular flexibility index (Phi) is 5.11. The zero-order valence-electron chi connectivity index (χ0n) is 14.9. The molecule has 0 spiro atoms. The van der Waals surface area contributed by atoms with Gasteiger partial charge in [0.05, 0.1) is 12.8 Å². The van der Waals surface area contributed by atoms with E-state index in [0.717, 1.165) is 43.4 Å². The van der Waals surface area contributed by atoms with Crippen LogP contribution in [0.3, 0.4) is 0 Å². The summed E-state index contributed by atoms with van der Waals surface area (Å²) >= 11 is 0. The van der Waals surface area contributed by atoms with Crippen molar-refractivity contribution in [2.24, 2.45) is 0 Å². The lowest BCUT2D eigenvalue weighted by atomic mass is 9.90. The number of aryl methyl sites for hydroxylation is 1. The van der Waals surface area contributed by atoms with E-state index < -0.39 is 0 Å². The Morgan fingerprint density at radius 2 is 2.17 bits per heavy atom. The Morgan fingerprint density at radius 3 is 2.83 bits per heavy atom. The number of rotatable bonds is 5. The van der Waals surface area contributed by atoms with Gasteiger partial charge in [-0.05, 0) is 40.1 Å². The molecule has 3 rings (SSSR count). The minimum atomic E-state index is 0.361. The summed E-state index contributed by atoms with van der Waals surface area (Å²) in [6.07, 6.45) is 1.05. The second-order valence-corrected chi connectivity index (χ2v) is 6.61. The quantitative estimate of drug-likeness (QED) is 0.894. The molecule has 0 saturated carbocycles. The molecule has 0 unspecified atom stereocenters. The molecule has 3 heterocycles. The van der Waals surface area contributed by atoms with Crippen molar-refractivity contribution in [3.05, 3.63) is 35.5 Å². The Morgan fingerprint density at radius 1 is 1.33 bits per heavy atom. The maximum absolute atomic E-state index is 5.22. The summed E-state index contributed by atoms with van der Waals surface area (Å²) in [5.41, 5.74) is 1.04. The Hall–Kier alpha value is -1.99. The average molecular weight is 330 g/mol. The largest absolute Gasteiger partial charge is 0.481 e. The van der Waals surface area contributed by atoms with E-state index in [4.69, 9.17) is 4.74 Å². The summed E-state index contributed by atoms with van der Waals surface area (Å²) in [4.78, 5) is 13.8. The molecule has 130 valence electrons. The highest BCUT2D eigenvalue weighted by molar-refractivity contribution is 5.16. The zero-order valence-corrected chi connectivity index (χ0v) is 14.9. The van der Waals surface area contributed by atoms with Gasteiger partial charge in [0.15, 0.2) is 5.82 Å². The van der Waals surface area contributed by atoms with Gasteiger partial charge in [0.25, 0.3) is 0 Å². The lowest BCUT2D eigenvalue weighted by Crippen LogP contribution is -2.49. The number of nitrogens with zero attached hydrogens (tertiary/aromatic N) is 5. The fraction of sp³-hybridized carbons (Fsp3) is 0.588. The van der Waals surface area contributed by atoms with E-state index in [1.165, 1.54) is 0 Å². The highest BCUT2D eigenvalue weighted by Gasteiger charge is 2.34. The van der Waals surface area contributed by atoms with Gasteiger partial charge < -0.3 is 9.64 Å². The van der Waals surface area contributed by atoms with Crippen molar-refractivity contribution in [2.45, 2.75) is 31.8 Å². The number of hydrogen-bond donors (Lipinski definition) is 1. The summed E-state index contributed by atoms with van der Waals surface area (Å²) in [5.74, 6) is 2.85. The molecule has 0 aliphatic carbocycles. The van der Waals surface area contributed by atoms with Crippen molar-refractivity contribution in [3.8, 4) is 5.88 Å². The highest BCUT2D eigenvalue weighted by Crippen LogP contribution is 2.29. The SMILES string of the molecule is COc1cccc(CN2CC[C@H](c3n[nH]c(C)n3)[C@H](N(C)C)C2)n1. The van der Waals surface area contributed by atoms with Gasteiger partial charge in [0.1, 0.15) is 5.82 Å². The second kappa shape index (κ2) is 7.27. The monoisotopic (exact) mass is 330 g/mol. The first-order valence-corrected chi connectivity index (χ1v) is 8.34. The smallest absolute Gasteiger partial charge is 0.213 e. The summed E-state index contributed by atoms with van der Waals surface area (Å²) in [6, 6.07) is 6.31. The van der Waals surface area contributed by atoms with Crippen molar-refractivity contribution >= 4 is 0 Å². The van der Waals surface area contributed by atoms with Crippen molar-refractivity contribution in [2.75, 3.05) is 34.3 Å². The molecule has 1 fully saturated rings. The number of likely N-dealkylation sites (N-methyl/N-ethyl adjacent to an activating group) is 1. The molecule has 7 heteroatoms.